The molecule has 0 spiro atoms. The van der Waals surface area contributed by atoms with E-state index in [0.29, 0.717) is 0 Å². The zero-order valence-electron chi connectivity index (χ0n) is 13.1. The topological polar surface area (TPSA) is 55.5 Å². The molecule has 0 saturated carbocycles. The molecule has 0 aliphatic heterocycles. The number of anilines is 1. The van der Waals surface area contributed by atoms with E-state index < -0.39 is 0 Å². The van der Waals surface area contributed by atoms with Crippen LogP contribution in [0.3, 0.4) is 0 Å². The van der Waals surface area contributed by atoms with Gasteiger partial charge in [0.2, 0.25) is 0 Å². The number of rotatable bonds is 12. The van der Waals surface area contributed by atoms with Crippen LogP contribution in [0.4, 0.5) is 5.69 Å². The van der Waals surface area contributed by atoms with Crippen molar-refractivity contribution in [1.82, 2.24) is 0 Å². The maximum absolute atomic E-state index is 8.85. The monoisotopic (exact) mass is 311 g/mol. The number of aliphatic hydroxyl groups is 1. The van der Waals surface area contributed by atoms with Crippen molar-refractivity contribution in [3.8, 4) is 5.75 Å². The molecular formula is C17H29NO2S. The van der Waals surface area contributed by atoms with Gasteiger partial charge in [0.1, 0.15) is 5.75 Å². The fraction of sp³-hybridized carbons (Fsp3) is 0.647. The fourth-order valence-electron chi connectivity index (χ4n) is 2.16. The van der Waals surface area contributed by atoms with Crippen LogP contribution in [-0.4, -0.2) is 24.1 Å². The molecule has 1 aromatic carbocycles. The van der Waals surface area contributed by atoms with E-state index in [0.717, 1.165) is 41.5 Å². The van der Waals surface area contributed by atoms with Gasteiger partial charge in [0.25, 0.3) is 0 Å². The van der Waals surface area contributed by atoms with Gasteiger partial charge in [0, 0.05) is 22.8 Å². The van der Waals surface area contributed by atoms with Gasteiger partial charge in [0.05, 0.1) is 13.2 Å². The highest BCUT2D eigenvalue weighted by atomic mass is 32.2. The summed E-state index contributed by atoms with van der Waals surface area (Å²) < 4.78 is 5.90. The summed E-state index contributed by atoms with van der Waals surface area (Å²) in [6.07, 6.45) is 7.61. The van der Waals surface area contributed by atoms with E-state index in [1.54, 1.807) is 11.8 Å². The van der Waals surface area contributed by atoms with Crippen LogP contribution in [0.2, 0.25) is 0 Å². The number of aliphatic hydroxyl groups excluding tert-OH is 1. The van der Waals surface area contributed by atoms with Crippen molar-refractivity contribution in [1.29, 1.82) is 0 Å². The Morgan fingerprint density at radius 1 is 1.14 bits per heavy atom. The smallest absolute Gasteiger partial charge is 0.123 e. The molecule has 0 saturated heterocycles. The highest BCUT2D eigenvalue weighted by Gasteiger charge is 2.05. The minimum atomic E-state index is 0.209. The van der Waals surface area contributed by atoms with Gasteiger partial charge < -0.3 is 15.6 Å². The number of hydrogen-bond donors (Lipinski definition) is 2. The Morgan fingerprint density at radius 2 is 1.90 bits per heavy atom. The quantitative estimate of drug-likeness (QED) is 0.448. The Bertz CT molecular complexity index is 385. The Morgan fingerprint density at radius 3 is 2.67 bits per heavy atom. The minimum Gasteiger partial charge on any atom is -0.493 e. The van der Waals surface area contributed by atoms with Crippen molar-refractivity contribution < 1.29 is 9.84 Å². The predicted octanol–water partition coefficient (Wildman–Crippen LogP) is 4.23. The third kappa shape index (κ3) is 8.22. The first-order valence-corrected chi connectivity index (χ1v) is 9.13. The molecule has 0 aliphatic carbocycles. The third-order valence-electron chi connectivity index (χ3n) is 3.33. The molecule has 0 bridgehead atoms. The average molecular weight is 311 g/mol. The Labute approximate surface area is 133 Å². The van der Waals surface area contributed by atoms with Crippen LogP contribution < -0.4 is 10.5 Å². The highest BCUT2D eigenvalue weighted by molar-refractivity contribution is 7.98. The van der Waals surface area contributed by atoms with Crippen molar-refractivity contribution in [2.75, 3.05) is 24.7 Å². The van der Waals surface area contributed by atoms with E-state index in [1.807, 2.05) is 18.2 Å². The molecule has 0 fully saturated rings. The third-order valence-corrected chi connectivity index (χ3v) is 4.32. The summed E-state index contributed by atoms with van der Waals surface area (Å²) in [6, 6.07) is 5.82. The van der Waals surface area contributed by atoms with Crippen LogP contribution in [-0.2, 0) is 5.75 Å². The van der Waals surface area contributed by atoms with Gasteiger partial charge in [-0.25, -0.2) is 0 Å². The summed E-state index contributed by atoms with van der Waals surface area (Å²) in [6.45, 7) is 3.22. The summed E-state index contributed by atoms with van der Waals surface area (Å²) in [5, 5.41) is 8.85. The van der Waals surface area contributed by atoms with Crippen LogP contribution in [0, 0.1) is 0 Å². The first kappa shape index (κ1) is 18.2. The highest BCUT2D eigenvalue weighted by Crippen LogP contribution is 2.26. The van der Waals surface area contributed by atoms with Crippen molar-refractivity contribution in [2.45, 2.75) is 51.2 Å². The van der Waals surface area contributed by atoms with E-state index in [2.05, 4.69) is 6.92 Å². The van der Waals surface area contributed by atoms with Crippen LogP contribution in [0.15, 0.2) is 18.2 Å². The number of nitrogens with two attached hydrogens (primary N) is 1. The zero-order chi connectivity index (χ0) is 15.3. The number of hydrogen-bond acceptors (Lipinski definition) is 4. The van der Waals surface area contributed by atoms with Gasteiger partial charge in [-0.05, 0) is 24.6 Å². The number of benzene rings is 1. The van der Waals surface area contributed by atoms with E-state index in [4.69, 9.17) is 15.6 Å². The zero-order valence-corrected chi connectivity index (χ0v) is 14.0. The Balaban J connectivity index is 2.32. The second kappa shape index (κ2) is 11.8. The van der Waals surface area contributed by atoms with E-state index >= 15 is 0 Å². The van der Waals surface area contributed by atoms with Gasteiger partial charge in [-0.3, -0.25) is 0 Å². The number of unbranched alkanes of at least 4 members (excludes halogenated alkanes) is 5. The Kier molecular flexibility index (Phi) is 10.2. The van der Waals surface area contributed by atoms with Crippen molar-refractivity contribution in [2.24, 2.45) is 0 Å². The van der Waals surface area contributed by atoms with E-state index in [1.165, 1.54) is 32.1 Å². The summed E-state index contributed by atoms with van der Waals surface area (Å²) in [5.74, 6) is 2.51. The normalized spacial score (nSPS) is 10.8. The second-order valence-corrected chi connectivity index (χ2v) is 6.36. The maximum Gasteiger partial charge on any atom is 0.123 e. The van der Waals surface area contributed by atoms with E-state index in [9.17, 15) is 0 Å². The molecule has 0 unspecified atom stereocenters. The molecule has 0 aromatic heterocycles. The number of ether oxygens (including phenoxy) is 1. The van der Waals surface area contributed by atoms with Gasteiger partial charge >= 0.3 is 0 Å². The fourth-order valence-corrected chi connectivity index (χ4v) is 2.88. The average Bonchev–Trinajstić information content (AvgIpc) is 2.48. The molecule has 0 radical (unpaired) electrons. The molecule has 3 N–H and O–H groups in total. The minimum absolute atomic E-state index is 0.209. The molecule has 0 aliphatic rings. The molecule has 0 amide bonds. The first-order chi connectivity index (χ1) is 10.3. The summed E-state index contributed by atoms with van der Waals surface area (Å²) >= 11 is 1.70. The van der Waals surface area contributed by atoms with Crippen molar-refractivity contribution in [3.63, 3.8) is 0 Å². The Hall–Kier alpha value is -0.870. The largest absolute Gasteiger partial charge is 0.493 e. The van der Waals surface area contributed by atoms with Gasteiger partial charge in [-0.1, -0.05) is 39.0 Å². The van der Waals surface area contributed by atoms with Crippen LogP contribution in [0.1, 0.15) is 51.0 Å². The summed E-state index contributed by atoms with van der Waals surface area (Å²) in [7, 11) is 0. The van der Waals surface area contributed by atoms with Crippen molar-refractivity contribution >= 4 is 17.4 Å². The van der Waals surface area contributed by atoms with Crippen LogP contribution >= 0.6 is 11.8 Å². The maximum atomic E-state index is 8.85. The van der Waals surface area contributed by atoms with Crippen LogP contribution in [0.25, 0.3) is 0 Å². The summed E-state index contributed by atoms with van der Waals surface area (Å²) in [4.78, 5) is 0. The van der Waals surface area contributed by atoms with Gasteiger partial charge in [0.15, 0.2) is 0 Å². The van der Waals surface area contributed by atoms with Gasteiger partial charge in [-0.15, -0.1) is 0 Å². The molecule has 0 atom stereocenters. The summed E-state index contributed by atoms with van der Waals surface area (Å²) in [5.41, 5.74) is 7.73. The number of thioether (sulfide) groups is 1. The molecule has 21 heavy (non-hydrogen) atoms. The molecule has 1 aromatic rings. The van der Waals surface area contributed by atoms with Gasteiger partial charge in [-0.2, -0.15) is 11.8 Å². The van der Waals surface area contributed by atoms with Crippen molar-refractivity contribution in [3.05, 3.63) is 23.8 Å². The lowest BCUT2D eigenvalue weighted by Gasteiger charge is -2.12. The molecule has 120 valence electrons. The molecule has 1 rings (SSSR count). The molecular weight excluding hydrogens is 282 g/mol. The van der Waals surface area contributed by atoms with E-state index in [-0.39, 0.29) is 6.61 Å². The second-order valence-electron chi connectivity index (χ2n) is 5.26. The standard InChI is InChI=1S/C17H29NO2S/c1-2-3-4-5-6-7-11-20-17-9-8-16(18)13-15(17)14-21-12-10-19/h8-9,13,19H,2-7,10-12,14,18H2,1H3. The lowest BCUT2D eigenvalue weighted by Crippen LogP contribution is -2.01. The molecule has 3 nitrogen and oxygen atoms in total. The molecule has 4 heteroatoms. The first-order valence-electron chi connectivity index (χ1n) is 7.97. The lowest BCUT2D eigenvalue weighted by molar-refractivity contribution is 0.302. The van der Waals surface area contributed by atoms with Crippen LogP contribution in [0.5, 0.6) is 5.75 Å². The predicted molar refractivity (Wildman–Crippen MR) is 93.0 cm³/mol. The lowest BCUT2D eigenvalue weighted by atomic mass is 10.1. The molecule has 0 heterocycles. The number of nitrogen functional groups attached to an aromatic ring is 1. The SMILES string of the molecule is CCCCCCCCOc1ccc(N)cc1CSCCO.